The van der Waals surface area contributed by atoms with Crippen LogP contribution in [0.2, 0.25) is 0 Å². The third-order valence-electron chi connectivity index (χ3n) is 11.6. The van der Waals surface area contributed by atoms with Gasteiger partial charge < -0.3 is 14.2 Å². The van der Waals surface area contributed by atoms with E-state index in [0.717, 1.165) is 32.1 Å². The Morgan fingerprint density at radius 1 is 0.321 bits per heavy atom. The summed E-state index contributed by atoms with van der Waals surface area (Å²) in [4.78, 5) is 25.3. The van der Waals surface area contributed by atoms with E-state index in [2.05, 4.69) is 20.8 Å². The zero-order valence-electron chi connectivity index (χ0n) is 38.4. The fourth-order valence-corrected chi connectivity index (χ4v) is 7.81. The molecule has 0 aliphatic heterocycles. The Hall–Kier alpha value is -1.10. The molecular formula is C51H100O5. The van der Waals surface area contributed by atoms with Crippen LogP contribution < -0.4 is 0 Å². The molecule has 0 aromatic heterocycles. The Balaban J connectivity index is 4.19. The van der Waals surface area contributed by atoms with E-state index in [1.165, 1.54) is 225 Å². The Kier molecular flexibility index (Phi) is 47.3. The lowest BCUT2D eigenvalue weighted by molar-refractivity contribution is -0.163. The molecule has 0 amide bonds. The summed E-state index contributed by atoms with van der Waals surface area (Å²) < 4.78 is 17.4. The van der Waals surface area contributed by atoms with Crippen molar-refractivity contribution in [1.29, 1.82) is 0 Å². The summed E-state index contributed by atoms with van der Waals surface area (Å²) in [6, 6.07) is 0. The second-order valence-corrected chi connectivity index (χ2v) is 17.5. The van der Waals surface area contributed by atoms with Crippen LogP contribution in [0.3, 0.4) is 0 Å². The van der Waals surface area contributed by atoms with E-state index in [1.807, 2.05) is 0 Å². The first kappa shape index (κ1) is 54.9. The van der Waals surface area contributed by atoms with Crippen molar-refractivity contribution >= 4 is 11.9 Å². The van der Waals surface area contributed by atoms with Crippen molar-refractivity contribution < 1.29 is 23.8 Å². The van der Waals surface area contributed by atoms with Gasteiger partial charge in [0.05, 0.1) is 6.61 Å². The molecule has 1 atom stereocenters. The summed E-state index contributed by atoms with van der Waals surface area (Å²) in [6.45, 7) is 7.90. The highest BCUT2D eigenvalue weighted by Gasteiger charge is 2.17. The average Bonchev–Trinajstić information content (AvgIpc) is 3.20. The molecule has 334 valence electrons. The molecule has 0 N–H and O–H groups in total. The highest BCUT2D eigenvalue weighted by Crippen LogP contribution is 2.16. The lowest BCUT2D eigenvalue weighted by Gasteiger charge is -2.18. The number of esters is 2. The molecule has 56 heavy (non-hydrogen) atoms. The number of rotatable bonds is 48. The molecule has 0 saturated heterocycles. The minimum absolute atomic E-state index is 0.0976. The normalized spacial score (nSPS) is 12.0. The van der Waals surface area contributed by atoms with Crippen molar-refractivity contribution in [3.8, 4) is 0 Å². The summed E-state index contributed by atoms with van der Waals surface area (Å²) in [6.07, 6.45) is 52.4. The predicted octanol–water partition coefficient (Wildman–Crippen LogP) is 16.9. The summed E-state index contributed by atoms with van der Waals surface area (Å²) in [7, 11) is 0. The molecule has 5 heteroatoms. The number of carbonyl (C=O) groups is 2. The Morgan fingerprint density at radius 2 is 0.589 bits per heavy atom. The van der Waals surface area contributed by atoms with E-state index >= 15 is 0 Å². The molecule has 0 aliphatic rings. The van der Waals surface area contributed by atoms with Gasteiger partial charge in [-0.25, -0.2) is 0 Å². The maximum atomic E-state index is 12.8. The molecule has 5 nitrogen and oxygen atoms in total. The van der Waals surface area contributed by atoms with E-state index < -0.39 is 6.10 Å². The van der Waals surface area contributed by atoms with Crippen LogP contribution >= 0.6 is 0 Å². The Bertz CT molecular complexity index is 769. The van der Waals surface area contributed by atoms with Gasteiger partial charge in [0.25, 0.3) is 0 Å². The molecule has 0 heterocycles. The van der Waals surface area contributed by atoms with E-state index in [-0.39, 0.29) is 18.5 Å². The van der Waals surface area contributed by atoms with E-state index in [9.17, 15) is 9.59 Å². The molecule has 0 aromatic carbocycles. The highest BCUT2D eigenvalue weighted by atomic mass is 16.6. The predicted molar refractivity (Wildman–Crippen MR) is 243 cm³/mol. The number of hydrogen-bond donors (Lipinski definition) is 0. The van der Waals surface area contributed by atoms with E-state index in [0.29, 0.717) is 26.1 Å². The van der Waals surface area contributed by atoms with Gasteiger partial charge in [-0.15, -0.1) is 0 Å². The minimum atomic E-state index is -0.522. The monoisotopic (exact) mass is 793 g/mol. The average molecular weight is 793 g/mol. The first-order valence-electron chi connectivity index (χ1n) is 25.6. The van der Waals surface area contributed by atoms with E-state index in [1.54, 1.807) is 0 Å². The fourth-order valence-electron chi connectivity index (χ4n) is 7.81. The fraction of sp³-hybridized carbons (Fsp3) is 0.961. The zero-order chi connectivity index (χ0) is 40.7. The van der Waals surface area contributed by atoms with Gasteiger partial charge in [0.2, 0.25) is 0 Å². The van der Waals surface area contributed by atoms with Gasteiger partial charge in [-0.2, -0.15) is 0 Å². The quantitative estimate of drug-likeness (QED) is 0.0454. The maximum Gasteiger partial charge on any atom is 0.306 e. The molecule has 0 saturated carbocycles. The van der Waals surface area contributed by atoms with Crippen molar-refractivity contribution in [2.24, 2.45) is 0 Å². The second kappa shape index (κ2) is 48.3. The van der Waals surface area contributed by atoms with Crippen LogP contribution in [0.1, 0.15) is 290 Å². The molecule has 0 spiro atoms. The van der Waals surface area contributed by atoms with Crippen LogP contribution in [-0.2, 0) is 23.8 Å². The van der Waals surface area contributed by atoms with Crippen LogP contribution in [0.5, 0.6) is 0 Å². The third kappa shape index (κ3) is 45.6. The summed E-state index contributed by atoms with van der Waals surface area (Å²) in [5.41, 5.74) is 0. The zero-order valence-corrected chi connectivity index (χ0v) is 38.4. The third-order valence-corrected chi connectivity index (χ3v) is 11.6. The molecule has 0 bridgehead atoms. The van der Waals surface area contributed by atoms with Crippen molar-refractivity contribution in [2.75, 3.05) is 19.8 Å². The molecule has 0 aromatic rings. The van der Waals surface area contributed by atoms with Crippen molar-refractivity contribution in [1.82, 2.24) is 0 Å². The first-order valence-corrected chi connectivity index (χ1v) is 25.6. The van der Waals surface area contributed by atoms with Crippen molar-refractivity contribution in [3.05, 3.63) is 0 Å². The number of ether oxygens (including phenoxy) is 3. The summed E-state index contributed by atoms with van der Waals surface area (Å²) in [5.74, 6) is -0.372. The highest BCUT2D eigenvalue weighted by molar-refractivity contribution is 5.70. The standard InChI is InChI=1S/C51H100O5/c1-4-7-10-13-16-19-22-25-28-31-34-37-40-43-46-54-47-49(56-51(53)45-42-39-36-33-30-27-24-21-18-15-12-9-6-3)48-55-50(52)44-41-38-35-32-29-26-23-20-17-14-11-8-5-2/h49H,4-48H2,1-3H3/t49-/m0/s1. The van der Waals surface area contributed by atoms with Gasteiger partial charge in [-0.3, -0.25) is 9.59 Å². The van der Waals surface area contributed by atoms with Gasteiger partial charge in [0.1, 0.15) is 6.61 Å². The molecule has 0 aliphatic carbocycles. The van der Waals surface area contributed by atoms with Crippen LogP contribution in [0.4, 0.5) is 0 Å². The molecule has 0 fully saturated rings. The summed E-state index contributed by atoms with van der Waals surface area (Å²) in [5, 5.41) is 0. The van der Waals surface area contributed by atoms with Crippen LogP contribution in [0, 0.1) is 0 Å². The van der Waals surface area contributed by atoms with Gasteiger partial charge in [0, 0.05) is 19.4 Å². The SMILES string of the molecule is CCCCCCCCCCCCCCCCOC[C@@H](COC(=O)CCCCCCCCCCCCCCC)OC(=O)CCCCCCCCCCCCCCC. The van der Waals surface area contributed by atoms with Gasteiger partial charge in [-0.1, -0.05) is 258 Å². The minimum Gasteiger partial charge on any atom is -0.462 e. The van der Waals surface area contributed by atoms with Gasteiger partial charge >= 0.3 is 11.9 Å². The number of carbonyl (C=O) groups excluding carboxylic acids is 2. The van der Waals surface area contributed by atoms with Crippen LogP contribution in [0.15, 0.2) is 0 Å². The lowest BCUT2D eigenvalue weighted by atomic mass is 10.0. The topological polar surface area (TPSA) is 61.8 Å². The smallest absolute Gasteiger partial charge is 0.306 e. The number of hydrogen-bond acceptors (Lipinski definition) is 5. The van der Waals surface area contributed by atoms with Crippen LogP contribution in [-0.4, -0.2) is 37.9 Å². The molecular weight excluding hydrogens is 693 g/mol. The van der Waals surface area contributed by atoms with Crippen molar-refractivity contribution in [2.45, 2.75) is 297 Å². The maximum absolute atomic E-state index is 12.8. The second-order valence-electron chi connectivity index (χ2n) is 17.5. The van der Waals surface area contributed by atoms with Crippen molar-refractivity contribution in [3.63, 3.8) is 0 Å². The molecule has 0 rings (SSSR count). The van der Waals surface area contributed by atoms with Crippen LogP contribution in [0.25, 0.3) is 0 Å². The number of unbranched alkanes of at least 4 members (excludes halogenated alkanes) is 37. The first-order chi connectivity index (χ1) is 27.6. The van der Waals surface area contributed by atoms with E-state index in [4.69, 9.17) is 14.2 Å². The van der Waals surface area contributed by atoms with Gasteiger partial charge in [0.15, 0.2) is 6.10 Å². The molecule has 0 unspecified atom stereocenters. The largest absolute Gasteiger partial charge is 0.462 e. The molecule has 0 radical (unpaired) electrons. The summed E-state index contributed by atoms with van der Waals surface area (Å²) >= 11 is 0. The lowest BCUT2D eigenvalue weighted by Crippen LogP contribution is -2.30. The Labute approximate surface area is 351 Å². The Morgan fingerprint density at radius 3 is 0.911 bits per heavy atom. The van der Waals surface area contributed by atoms with Gasteiger partial charge in [-0.05, 0) is 19.3 Å².